The van der Waals surface area contributed by atoms with Crippen LogP contribution in [-0.4, -0.2) is 103 Å². The fraction of sp³-hybridized carbons (Fsp3) is 0.636. The Labute approximate surface area is 294 Å². The third-order valence-corrected chi connectivity index (χ3v) is 12.2. The number of sulfonamides is 1. The van der Waals surface area contributed by atoms with E-state index in [0.717, 1.165) is 7.11 Å². The molecular formula is C33H44F2N6O9S. The second-order valence-electron chi connectivity index (χ2n) is 14.7. The van der Waals surface area contributed by atoms with Gasteiger partial charge in [0.25, 0.3) is 5.91 Å². The third kappa shape index (κ3) is 7.37. The molecule has 2 saturated carbocycles. The normalized spacial score (nSPS) is 25.9. The lowest BCUT2D eigenvalue weighted by Gasteiger charge is -2.36. The van der Waals surface area contributed by atoms with Crippen LogP contribution in [0.15, 0.2) is 24.4 Å². The Morgan fingerprint density at radius 3 is 2.35 bits per heavy atom. The van der Waals surface area contributed by atoms with Gasteiger partial charge in [0.2, 0.25) is 34.1 Å². The zero-order valence-electron chi connectivity index (χ0n) is 29.5. The standard InChI is InChI=1S/C33H44F2N6O9S/c1-8-18-22(50-23-15-36-20-10-9-17(48-6)13-21(20)37-23)16-41(28(43)25(31(2,3)4)38-30(45)49-7)24(18)27(42)39-33(14-19(33)26(34)35)29(44)40-51(46,47)32(5)11-12-32/h9-10,13,15,18-19,22,24-26H,8,11-12,14,16H2,1-7H3,(H,38,45)(H,39,42)(H,40,44)/t18-,19+,22+,24+,25-,33-/m1/s1. The number of halogens is 2. The maximum absolute atomic E-state index is 14.4. The predicted octanol–water partition coefficient (Wildman–Crippen LogP) is 2.53. The first-order valence-electron chi connectivity index (χ1n) is 16.6. The number of ether oxygens (including phenoxy) is 3. The number of nitrogens with one attached hydrogen (secondary N) is 3. The van der Waals surface area contributed by atoms with Crippen molar-refractivity contribution in [1.82, 2.24) is 30.2 Å². The van der Waals surface area contributed by atoms with Crippen LogP contribution in [-0.2, 0) is 29.1 Å². The van der Waals surface area contributed by atoms with E-state index in [9.17, 15) is 36.4 Å². The van der Waals surface area contributed by atoms with E-state index in [1.54, 1.807) is 45.9 Å². The van der Waals surface area contributed by atoms with Crippen molar-refractivity contribution >= 4 is 44.9 Å². The highest BCUT2D eigenvalue weighted by Crippen LogP contribution is 2.49. The van der Waals surface area contributed by atoms with Crippen molar-refractivity contribution in [1.29, 1.82) is 0 Å². The van der Waals surface area contributed by atoms with Crippen LogP contribution in [0.2, 0.25) is 0 Å². The predicted molar refractivity (Wildman–Crippen MR) is 178 cm³/mol. The number of aromatic nitrogens is 2. The molecule has 0 unspecified atom stereocenters. The number of benzene rings is 1. The molecule has 15 nitrogen and oxygen atoms in total. The minimum absolute atomic E-state index is 0.0716. The molecule has 1 aromatic carbocycles. The number of likely N-dealkylation sites (tertiary alicyclic amines) is 1. The number of rotatable bonds is 12. The van der Waals surface area contributed by atoms with Gasteiger partial charge in [-0.1, -0.05) is 27.7 Å². The van der Waals surface area contributed by atoms with Gasteiger partial charge in [-0.2, -0.15) is 0 Å². The summed E-state index contributed by atoms with van der Waals surface area (Å²) in [6.07, 6.45) is -3.18. The van der Waals surface area contributed by atoms with E-state index in [1.165, 1.54) is 25.1 Å². The van der Waals surface area contributed by atoms with Crippen molar-refractivity contribution in [2.75, 3.05) is 20.8 Å². The molecule has 51 heavy (non-hydrogen) atoms. The van der Waals surface area contributed by atoms with Crippen molar-refractivity contribution in [2.24, 2.45) is 17.3 Å². The number of hydrogen-bond acceptors (Lipinski definition) is 11. The molecule has 5 rings (SSSR count). The molecular weight excluding hydrogens is 694 g/mol. The molecule has 2 heterocycles. The van der Waals surface area contributed by atoms with Crippen LogP contribution in [0.1, 0.15) is 60.3 Å². The lowest BCUT2D eigenvalue weighted by atomic mass is 9.85. The highest BCUT2D eigenvalue weighted by atomic mass is 32.2. The monoisotopic (exact) mass is 738 g/mol. The molecule has 1 saturated heterocycles. The molecule has 18 heteroatoms. The summed E-state index contributed by atoms with van der Waals surface area (Å²) < 4.78 is 71.1. The maximum atomic E-state index is 14.4. The molecule has 0 bridgehead atoms. The van der Waals surface area contributed by atoms with Crippen LogP contribution in [0, 0.1) is 17.3 Å². The summed E-state index contributed by atoms with van der Waals surface area (Å²) in [6, 6.07) is 2.47. The number of fused-ring (bicyclic) bond motifs is 1. The van der Waals surface area contributed by atoms with Crippen molar-refractivity contribution in [2.45, 2.75) is 95.2 Å². The Morgan fingerprint density at radius 1 is 1.12 bits per heavy atom. The second kappa shape index (κ2) is 13.7. The smallest absolute Gasteiger partial charge is 0.407 e. The quantitative estimate of drug-likeness (QED) is 0.290. The molecule has 3 fully saturated rings. The molecule has 280 valence electrons. The summed E-state index contributed by atoms with van der Waals surface area (Å²) >= 11 is 0. The van der Waals surface area contributed by atoms with E-state index >= 15 is 0 Å². The van der Waals surface area contributed by atoms with E-state index in [2.05, 4.69) is 20.6 Å². The van der Waals surface area contributed by atoms with Crippen molar-refractivity contribution < 1.29 is 50.6 Å². The van der Waals surface area contributed by atoms with Crippen LogP contribution in [0.25, 0.3) is 11.0 Å². The van der Waals surface area contributed by atoms with Crippen LogP contribution >= 0.6 is 0 Å². The van der Waals surface area contributed by atoms with Crippen LogP contribution < -0.4 is 24.8 Å². The first-order chi connectivity index (χ1) is 23.8. The summed E-state index contributed by atoms with van der Waals surface area (Å²) in [7, 11) is -1.60. The van der Waals surface area contributed by atoms with E-state index < -0.39 is 92.4 Å². The Morgan fingerprint density at radius 2 is 1.80 bits per heavy atom. The summed E-state index contributed by atoms with van der Waals surface area (Å²) in [5.74, 6) is -4.79. The van der Waals surface area contributed by atoms with Gasteiger partial charge < -0.3 is 29.7 Å². The molecule has 1 aliphatic heterocycles. The first-order valence-corrected chi connectivity index (χ1v) is 18.1. The van der Waals surface area contributed by atoms with Crippen molar-refractivity contribution in [3.63, 3.8) is 0 Å². The number of alkyl carbamates (subject to hydrolysis) is 1. The van der Waals surface area contributed by atoms with Gasteiger partial charge in [0, 0.05) is 12.0 Å². The number of alkyl halides is 2. The van der Waals surface area contributed by atoms with Gasteiger partial charge in [0.1, 0.15) is 29.5 Å². The number of methoxy groups -OCH3 is 2. The number of hydrogen-bond donors (Lipinski definition) is 3. The summed E-state index contributed by atoms with van der Waals surface area (Å²) in [4.78, 5) is 64.6. The average molecular weight is 739 g/mol. The van der Waals surface area contributed by atoms with Crippen molar-refractivity contribution in [3.8, 4) is 11.6 Å². The van der Waals surface area contributed by atoms with E-state index in [1.807, 2.05) is 4.72 Å². The topological polar surface area (TPSA) is 195 Å². The number of carbonyl (C=O) groups is 4. The Bertz CT molecular complexity index is 1820. The number of amides is 4. The van der Waals surface area contributed by atoms with Gasteiger partial charge in [-0.25, -0.2) is 32.0 Å². The summed E-state index contributed by atoms with van der Waals surface area (Å²) in [6.45, 7) is 8.05. The van der Waals surface area contributed by atoms with Gasteiger partial charge in [0.05, 0.1) is 48.7 Å². The molecule has 3 aliphatic rings. The Kier molecular flexibility index (Phi) is 10.1. The Hall–Kier alpha value is -4.35. The molecule has 1 aromatic heterocycles. The molecule has 3 N–H and O–H groups in total. The van der Waals surface area contributed by atoms with Gasteiger partial charge in [-0.05, 0) is 50.2 Å². The SMILES string of the molecule is CC[C@@H]1[C@@H](Oc2cnc3ccc(OC)cc3n2)CN(C(=O)[C@@H](NC(=O)OC)C(C)(C)C)[C@@H]1C(=O)N[C@]1(C(=O)NS(=O)(=O)C2(C)CC2)C[C@H]1C(F)F. The zero-order chi connectivity index (χ0) is 37.7. The first kappa shape index (κ1) is 37.9. The fourth-order valence-corrected chi connectivity index (χ4v) is 7.80. The van der Waals surface area contributed by atoms with Gasteiger partial charge in [-0.3, -0.25) is 19.1 Å². The molecule has 0 spiro atoms. The molecule has 2 aromatic rings. The minimum Gasteiger partial charge on any atom is -0.497 e. The highest BCUT2D eigenvalue weighted by molar-refractivity contribution is 7.91. The summed E-state index contributed by atoms with van der Waals surface area (Å²) in [5, 5.41) is 4.96. The fourth-order valence-electron chi connectivity index (χ4n) is 6.48. The average Bonchev–Trinajstić information content (AvgIpc) is 3.97. The summed E-state index contributed by atoms with van der Waals surface area (Å²) in [5.41, 5.74) is -2.14. The second-order valence-corrected chi connectivity index (χ2v) is 16.8. The van der Waals surface area contributed by atoms with E-state index in [0.29, 0.717) is 16.8 Å². The highest BCUT2D eigenvalue weighted by Gasteiger charge is 2.67. The van der Waals surface area contributed by atoms with Crippen LogP contribution in [0.3, 0.4) is 0 Å². The lowest BCUT2D eigenvalue weighted by molar-refractivity contribution is -0.144. The minimum atomic E-state index is -4.23. The zero-order valence-corrected chi connectivity index (χ0v) is 30.3. The van der Waals surface area contributed by atoms with Gasteiger partial charge >= 0.3 is 6.09 Å². The largest absolute Gasteiger partial charge is 0.497 e. The molecule has 2 aliphatic carbocycles. The van der Waals surface area contributed by atoms with Crippen molar-refractivity contribution in [3.05, 3.63) is 24.4 Å². The third-order valence-electron chi connectivity index (χ3n) is 10.1. The molecule has 4 amide bonds. The molecule has 6 atom stereocenters. The van der Waals surface area contributed by atoms with E-state index in [-0.39, 0.29) is 31.7 Å². The maximum Gasteiger partial charge on any atom is 0.407 e. The number of carbonyl (C=O) groups excluding carboxylic acids is 4. The Balaban J connectivity index is 1.50. The number of nitrogens with zero attached hydrogens (tertiary/aromatic N) is 3. The lowest BCUT2D eigenvalue weighted by Crippen LogP contribution is -2.61. The van der Waals surface area contributed by atoms with E-state index in [4.69, 9.17) is 14.2 Å². The van der Waals surface area contributed by atoms with Crippen LogP contribution in [0.5, 0.6) is 11.6 Å². The van der Waals surface area contributed by atoms with Crippen LogP contribution in [0.4, 0.5) is 13.6 Å². The molecule has 0 radical (unpaired) electrons. The van der Waals surface area contributed by atoms with Gasteiger partial charge in [-0.15, -0.1) is 0 Å². The van der Waals surface area contributed by atoms with Gasteiger partial charge in [0.15, 0.2) is 0 Å².